The van der Waals surface area contributed by atoms with Gasteiger partial charge in [0.25, 0.3) is 5.91 Å². The lowest BCUT2D eigenvalue weighted by molar-refractivity contribution is -0.118. The molecule has 0 bridgehead atoms. The van der Waals surface area contributed by atoms with Crippen LogP contribution >= 0.6 is 0 Å². The molecule has 0 saturated heterocycles. The van der Waals surface area contributed by atoms with Crippen molar-refractivity contribution in [3.05, 3.63) is 53.3 Å². The van der Waals surface area contributed by atoms with Crippen LogP contribution in [0.25, 0.3) is 10.9 Å². The van der Waals surface area contributed by atoms with Gasteiger partial charge in [-0.3, -0.25) is 20.0 Å². The standard InChI is InChI=1S/C23H27N5O2/c1-15(29)25-23(30)17-10-7-16(8-11-17)9-12-19-21-20(28-27-19)13-14-24-22(21)26-18-5-3-2-4-6-18/h7-8,10-11,13-14,18H,2-6,9,12H2,1H3,(H,24,26)(H,27,28)(H,25,29,30). The van der Waals surface area contributed by atoms with Gasteiger partial charge in [0.2, 0.25) is 5.91 Å². The number of hydrogen-bond acceptors (Lipinski definition) is 5. The van der Waals surface area contributed by atoms with Crippen molar-refractivity contribution in [3.8, 4) is 0 Å². The van der Waals surface area contributed by atoms with E-state index in [1.165, 1.54) is 39.0 Å². The Kier molecular flexibility index (Phi) is 6.07. The van der Waals surface area contributed by atoms with E-state index in [9.17, 15) is 9.59 Å². The van der Waals surface area contributed by atoms with Crippen molar-refractivity contribution >= 4 is 28.5 Å². The molecule has 1 aliphatic carbocycles. The smallest absolute Gasteiger partial charge is 0.257 e. The summed E-state index contributed by atoms with van der Waals surface area (Å²) in [5.41, 5.74) is 3.58. The number of benzene rings is 1. The zero-order chi connectivity index (χ0) is 20.9. The zero-order valence-electron chi connectivity index (χ0n) is 17.2. The average molecular weight is 406 g/mol. The summed E-state index contributed by atoms with van der Waals surface area (Å²) in [4.78, 5) is 27.5. The fourth-order valence-electron chi connectivity index (χ4n) is 4.08. The van der Waals surface area contributed by atoms with Crippen LogP contribution in [0.1, 0.15) is 60.6 Å². The lowest BCUT2D eigenvalue weighted by Gasteiger charge is -2.23. The van der Waals surface area contributed by atoms with Gasteiger partial charge >= 0.3 is 0 Å². The molecular weight excluding hydrogens is 378 g/mol. The molecule has 30 heavy (non-hydrogen) atoms. The number of anilines is 1. The highest BCUT2D eigenvalue weighted by molar-refractivity contribution is 6.04. The van der Waals surface area contributed by atoms with Gasteiger partial charge in [0, 0.05) is 30.4 Å². The monoisotopic (exact) mass is 405 g/mol. The summed E-state index contributed by atoms with van der Waals surface area (Å²) in [5, 5.41) is 14.6. The van der Waals surface area contributed by atoms with E-state index in [1.807, 2.05) is 24.4 Å². The van der Waals surface area contributed by atoms with Crippen LogP contribution in [0.3, 0.4) is 0 Å². The normalized spacial score (nSPS) is 14.6. The van der Waals surface area contributed by atoms with E-state index in [4.69, 9.17) is 0 Å². The van der Waals surface area contributed by atoms with Gasteiger partial charge in [0.15, 0.2) is 0 Å². The molecule has 1 fully saturated rings. The van der Waals surface area contributed by atoms with Gasteiger partial charge in [-0.25, -0.2) is 4.98 Å². The minimum absolute atomic E-state index is 0.360. The Bertz CT molecular complexity index is 1040. The van der Waals surface area contributed by atoms with Crippen molar-refractivity contribution in [2.45, 2.75) is 57.9 Å². The van der Waals surface area contributed by atoms with Gasteiger partial charge in [-0.05, 0) is 49.4 Å². The second kappa shape index (κ2) is 9.07. The molecule has 2 aromatic heterocycles. The van der Waals surface area contributed by atoms with Crippen molar-refractivity contribution in [2.75, 3.05) is 5.32 Å². The fraction of sp³-hybridized carbons (Fsp3) is 0.391. The second-order valence-corrected chi connectivity index (χ2v) is 7.94. The number of aromatic nitrogens is 3. The lowest BCUT2D eigenvalue weighted by Crippen LogP contribution is -2.27. The van der Waals surface area contributed by atoms with Crippen LogP contribution in [0.2, 0.25) is 0 Å². The van der Waals surface area contributed by atoms with Crippen LogP contribution < -0.4 is 10.6 Å². The maximum absolute atomic E-state index is 11.9. The molecule has 0 aliphatic heterocycles. The SMILES string of the molecule is CC(=O)NC(=O)c1ccc(CCc2[nH]nc3ccnc(NC4CCCCC4)c23)cc1. The van der Waals surface area contributed by atoms with Crippen LogP contribution in [0.15, 0.2) is 36.5 Å². The van der Waals surface area contributed by atoms with Gasteiger partial charge in [0.1, 0.15) is 5.82 Å². The quantitative estimate of drug-likeness (QED) is 0.580. The molecule has 4 rings (SSSR count). The number of hydrogen-bond donors (Lipinski definition) is 3. The number of carbonyl (C=O) groups is 2. The summed E-state index contributed by atoms with van der Waals surface area (Å²) < 4.78 is 0. The lowest BCUT2D eigenvalue weighted by atomic mass is 9.95. The Balaban J connectivity index is 1.46. The van der Waals surface area contributed by atoms with Gasteiger partial charge in [-0.2, -0.15) is 5.10 Å². The number of rotatable bonds is 6. The average Bonchev–Trinajstić information content (AvgIpc) is 3.17. The summed E-state index contributed by atoms with van der Waals surface area (Å²) in [5.74, 6) is 0.180. The third-order valence-electron chi connectivity index (χ3n) is 5.66. The minimum atomic E-state index is -0.377. The number of amides is 2. The Labute approximate surface area is 175 Å². The van der Waals surface area contributed by atoms with Crippen molar-refractivity contribution in [1.82, 2.24) is 20.5 Å². The van der Waals surface area contributed by atoms with Gasteiger partial charge in [0.05, 0.1) is 10.9 Å². The van der Waals surface area contributed by atoms with Gasteiger partial charge in [-0.15, -0.1) is 0 Å². The van der Waals surface area contributed by atoms with E-state index in [0.717, 1.165) is 40.8 Å². The van der Waals surface area contributed by atoms with Gasteiger partial charge in [-0.1, -0.05) is 31.4 Å². The fourth-order valence-corrected chi connectivity index (χ4v) is 4.08. The Hall–Kier alpha value is -3.22. The van der Waals surface area contributed by atoms with Crippen LogP contribution in [-0.2, 0) is 17.6 Å². The number of pyridine rings is 1. The van der Waals surface area contributed by atoms with Crippen LogP contribution in [0, 0.1) is 0 Å². The molecule has 7 heteroatoms. The second-order valence-electron chi connectivity index (χ2n) is 7.94. The molecule has 0 spiro atoms. The molecule has 2 amide bonds. The van der Waals surface area contributed by atoms with E-state index in [2.05, 4.69) is 25.8 Å². The topological polar surface area (TPSA) is 99.8 Å². The van der Waals surface area contributed by atoms with Crippen molar-refractivity contribution in [1.29, 1.82) is 0 Å². The third kappa shape index (κ3) is 4.67. The summed E-state index contributed by atoms with van der Waals surface area (Å²) in [6, 6.07) is 9.75. The Morgan fingerprint density at radius 2 is 1.83 bits per heavy atom. The molecule has 0 unspecified atom stereocenters. The molecule has 1 saturated carbocycles. The number of nitrogens with zero attached hydrogens (tertiary/aromatic N) is 2. The molecule has 1 aromatic carbocycles. The Morgan fingerprint density at radius 3 is 2.57 bits per heavy atom. The highest BCUT2D eigenvalue weighted by atomic mass is 16.2. The first-order valence-electron chi connectivity index (χ1n) is 10.6. The predicted octanol–water partition coefficient (Wildman–Crippen LogP) is 3.76. The van der Waals surface area contributed by atoms with E-state index in [0.29, 0.717) is 11.6 Å². The number of imide groups is 1. The maximum Gasteiger partial charge on any atom is 0.257 e. The first-order chi connectivity index (χ1) is 14.6. The number of nitrogens with one attached hydrogen (secondary N) is 3. The molecule has 1 aliphatic rings. The van der Waals surface area contributed by atoms with Crippen LogP contribution in [-0.4, -0.2) is 33.0 Å². The van der Waals surface area contributed by atoms with E-state index >= 15 is 0 Å². The number of aromatic amines is 1. The minimum Gasteiger partial charge on any atom is -0.367 e. The van der Waals surface area contributed by atoms with Crippen molar-refractivity contribution in [2.24, 2.45) is 0 Å². The first-order valence-corrected chi connectivity index (χ1v) is 10.6. The highest BCUT2D eigenvalue weighted by Gasteiger charge is 2.17. The molecule has 3 N–H and O–H groups in total. The number of aryl methyl sites for hydroxylation is 2. The Morgan fingerprint density at radius 1 is 1.07 bits per heavy atom. The van der Waals surface area contributed by atoms with Crippen LogP contribution in [0.5, 0.6) is 0 Å². The molecule has 7 nitrogen and oxygen atoms in total. The maximum atomic E-state index is 11.9. The molecule has 156 valence electrons. The van der Waals surface area contributed by atoms with Crippen molar-refractivity contribution in [3.63, 3.8) is 0 Å². The van der Waals surface area contributed by atoms with E-state index < -0.39 is 0 Å². The molecule has 0 radical (unpaired) electrons. The molecule has 2 heterocycles. The number of carbonyl (C=O) groups excluding carboxylic acids is 2. The number of H-pyrrole nitrogens is 1. The molecule has 0 atom stereocenters. The summed E-state index contributed by atoms with van der Waals surface area (Å²) in [7, 11) is 0. The van der Waals surface area contributed by atoms with Crippen molar-refractivity contribution < 1.29 is 9.59 Å². The van der Waals surface area contributed by atoms with Crippen LogP contribution in [0.4, 0.5) is 5.82 Å². The third-order valence-corrected chi connectivity index (χ3v) is 5.66. The van der Waals surface area contributed by atoms with Gasteiger partial charge < -0.3 is 5.32 Å². The molecule has 3 aromatic rings. The summed E-state index contributed by atoms with van der Waals surface area (Å²) in [6.45, 7) is 1.33. The van der Waals surface area contributed by atoms with E-state index in [1.54, 1.807) is 12.1 Å². The largest absolute Gasteiger partial charge is 0.367 e. The summed E-state index contributed by atoms with van der Waals surface area (Å²) in [6.07, 6.45) is 9.65. The predicted molar refractivity (Wildman–Crippen MR) is 116 cm³/mol. The zero-order valence-corrected chi connectivity index (χ0v) is 17.2. The highest BCUT2D eigenvalue weighted by Crippen LogP contribution is 2.27. The molecular formula is C23H27N5O2. The first kappa shape index (κ1) is 20.1. The van der Waals surface area contributed by atoms with E-state index in [-0.39, 0.29) is 11.8 Å². The summed E-state index contributed by atoms with van der Waals surface area (Å²) >= 11 is 0. The number of fused-ring (bicyclic) bond motifs is 1.